The van der Waals surface area contributed by atoms with Crippen molar-refractivity contribution in [3.63, 3.8) is 0 Å². The lowest BCUT2D eigenvalue weighted by molar-refractivity contribution is 0.628. The molecule has 0 saturated carbocycles. The van der Waals surface area contributed by atoms with Crippen molar-refractivity contribution in [2.24, 2.45) is 0 Å². The summed E-state index contributed by atoms with van der Waals surface area (Å²) in [6, 6.07) is 4.03. The van der Waals surface area contributed by atoms with Gasteiger partial charge in [0.1, 0.15) is 22.1 Å². The Morgan fingerprint density at radius 3 is 2.33 bits per heavy atom. The Hall–Kier alpha value is -0.910. The molecule has 0 aliphatic rings. The molecule has 0 aliphatic carbocycles. The number of anilines is 2. The predicted octanol–water partition coefficient (Wildman–Crippen LogP) is 4.74. The average Bonchev–Trinajstić information content (AvgIpc) is 2.22. The second-order valence-electron chi connectivity index (χ2n) is 3.49. The Morgan fingerprint density at radius 1 is 1.17 bits per heavy atom. The minimum atomic E-state index is -0.490. The van der Waals surface area contributed by atoms with Crippen LogP contribution in [0.2, 0.25) is 10.0 Å². The summed E-state index contributed by atoms with van der Waals surface area (Å²) in [5, 5.41) is 3.31. The van der Waals surface area contributed by atoms with Crippen molar-refractivity contribution in [1.82, 2.24) is 9.97 Å². The van der Waals surface area contributed by atoms with Gasteiger partial charge < -0.3 is 5.32 Å². The summed E-state index contributed by atoms with van der Waals surface area (Å²) >= 11 is 15.1. The molecule has 18 heavy (non-hydrogen) atoms. The average molecular weight is 351 g/mol. The van der Waals surface area contributed by atoms with Crippen LogP contribution in [0.25, 0.3) is 0 Å². The summed E-state index contributed by atoms with van der Waals surface area (Å²) in [5.41, 5.74) is 0.407. The number of aromatic nitrogens is 2. The minimum absolute atomic E-state index is 0.187. The first-order valence-corrected chi connectivity index (χ1v) is 6.43. The first-order chi connectivity index (χ1) is 8.45. The molecule has 2 rings (SSSR count). The maximum Gasteiger partial charge on any atom is 0.135 e. The van der Waals surface area contributed by atoms with Crippen LogP contribution in [0.5, 0.6) is 0 Å². The van der Waals surface area contributed by atoms with Gasteiger partial charge in [0.05, 0.1) is 15.7 Å². The summed E-state index contributed by atoms with van der Waals surface area (Å²) < 4.78 is 13.7. The molecule has 1 aromatic carbocycles. The highest BCUT2D eigenvalue weighted by molar-refractivity contribution is 9.10. The second kappa shape index (κ2) is 5.38. The van der Waals surface area contributed by atoms with Gasteiger partial charge in [-0.2, -0.15) is 0 Å². The predicted molar refractivity (Wildman–Crippen MR) is 74.2 cm³/mol. The van der Waals surface area contributed by atoms with Crippen LogP contribution in [0.3, 0.4) is 0 Å². The fourth-order valence-corrected chi connectivity index (χ4v) is 2.41. The molecule has 0 saturated heterocycles. The zero-order chi connectivity index (χ0) is 13.3. The number of halogens is 4. The fraction of sp³-hybridized carbons (Fsp3) is 0.0909. The van der Waals surface area contributed by atoms with Gasteiger partial charge in [-0.05, 0) is 35.0 Å². The highest BCUT2D eigenvalue weighted by Gasteiger charge is 2.10. The van der Waals surface area contributed by atoms with Crippen LogP contribution >= 0.6 is 39.1 Å². The largest absolute Gasteiger partial charge is 0.338 e. The first kappa shape index (κ1) is 13.5. The molecule has 3 nitrogen and oxygen atoms in total. The molecule has 0 bridgehead atoms. The molecule has 1 aromatic heterocycles. The van der Waals surface area contributed by atoms with Gasteiger partial charge in [-0.15, -0.1) is 0 Å². The third-order valence-electron chi connectivity index (χ3n) is 2.07. The van der Waals surface area contributed by atoms with E-state index in [2.05, 4.69) is 31.2 Å². The van der Waals surface area contributed by atoms with Crippen LogP contribution in [0.15, 0.2) is 22.8 Å². The number of rotatable bonds is 2. The van der Waals surface area contributed by atoms with E-state index in [0.29, 0.717) is 21.9 Å². The molecule has 2 aromatic rings. The minimum Gasteiger partial charge on any atom is -0.338 e. The lowest BCUT2D eigenvalue weighted by Gasteiger charge is -2.10. The molecule has 0 spiro atoms. The molecule has 0 radical (unpaired) electrons. The van der Waals surface area contributed by atoms with Gasteiger partial charge in [0.25, 0.3) is 0 Å². The van der Waals surface area contributed by atoms with E-state index >= 15 is 0 Å². The Labute approximate surface area is 121 Å². The normalized spacial score (nSPS) is 10.5. The van der Waals surface area contributed by atoms with Crippen molar-refractivity contribution in [2.75, 3.05) is 5.32 Å². The summed E-state index contributed by atoms with van der Waals surface area (Å²) in [6.07, 6.45) is 0. The maximum atomic E-state index is 13.0. The van der Waals surface area contributed by atoms with Crippen molar-refractivity contribution < 1.29 is 4.39 Å². The number of benzene rings is 1. The smallest absolute Gasteiger partial charge is 0.135 e. The van der Waals surface area contributed by atoms with Gasteiger partial charge in [0.15, 0.2) is 0 Å². The zero-order valence-corrected chi connectivity index (χ0v) is 12.2. The van der Waals surface area contributed by atoms with E-state index in [1.54, 1.807) is 13.0 Å². The second-order valence-corrected chi connectivity index (χ2v) is 5.12. The Bertz CT molecular complexity index is 564. The molecule has 1 N–H and O–H groups in total. The zero-order valence-electron chi connectivity index (χ0n) is 9.14. The van der Waals surface area contributed by atoms with Crippen molar-refractivity contribution >= 4 is 50.6 Å². The Kier molecular flexibility index (Phi) is 4.04. The van der Waals surface area contributed by atoms with Crippen LogP contribution in [-0.2, 0) is 0 Å². The van der Waals surface area contributed by atoms with Gasteiger partial charge >= 0.3 is 0 Å². The topological polar surface area (TPSA) is 37.8 Å². The molecule has 7 heteroatoms. The highest BCUT2D eigenvalue weighted by atomic mass is 79.9. The molecule has 0 atom stereocenters. The van der Waals surface area contributed by atoms with Crippen LogP contribution in [0, 0.1) is 12.7 Å². The van der Waals surface area contributed by atoms with Gasteiger partial charge in [-0.25, -0.2) is 14.4 Å². The van der Waals surface area contributed by atoms with E-state index in [9.17, 15) is 4.39 Å². The monoisotopic (exact) mass is 349 g/mol. The van der Waals surface area contributed by atoms with Crippen LogP contribution in [-0.4, -0.2) is 9.97 Å². The van der Waals surface area contributed by atoms with Crippen molar-refractivity contribution in [3.05, 3.63) is 44.5 Å². The molecule has 0 amide bonds. The molecule has 1 heterocycles. The number of nitrogens with one attached hydrogen (secondary N) is 1. The van der Waals surface area contributed by atoms with Crippen LogP contribution in [0.1, 0.15) is 5.82 Å². The van der Waals surface area contributed by atoms with Gasteiger partial charge in [-0.1, -0.05) is 23.2 Å². The Balaban J connectivity index is 2.40. The van der Waals surface area contributed by atoms with Crippen LogP contribution in [0.4, 0.5) is 15.9 Å². The van der Waals surface area contributed by atoms with Gasteiger partial charge in [-0.3, -0.25) is 0 Å². The molecule has 0 aliphatic heterocycles. The highest BCUT2D eigenvalue weighted by Crippen LogP contribution is 2.33. The lowest BCUT2D eigenvalue weighted by atomic mass is 10.3. The third kappa shape index (κ3) is 3.10. The van der Waals surface area contributed by atoms with E-state index < -0.39 is 5.82 Å². The maximum absolute atomic E-state index is 13.0. The van der Waals surface area contributed by atoms with E-state index in [1.807, 2.05) is 0 Å². The van der Waals surface area contributed by atoms with Crippen LogP contribution < -0.4 is 5.32 Å². The lowest BCUT2D eigenvalue weighted by Crippen LogP contribution is -1.99. The van der Waals surface area contributed by atoms with E-state index in [1.165, 1.54) is 12.1 Å². The fourth-order valence-electron chi connectivity index (χ4n) is 1.38. The first-order valence-electron chi connectivity index (χ1n) is 4.88. The number of aryl methyl sites for hydroxylation is 1. The standard InChI is InChI=1S/C11H7BrCl2FN3/c1-5-16-9(12)4-10(17-5)18-11-7(13)2-6(15)3-8(11)14/h2-4H,1H3,(H,16,17,18). The Morgan fingerprint density at radius 2 is 1.78 bits per heavy atom. The summed E-state index contributed by atoms with van der Waals surface area (Å²) in [7, 11) is 0. The summed E-state index contributed by atoms with van der Waals surface area (Å²) in [6.45, 7) is 1.75. The SMILES string of the molecule is Cc1nc(Br)cc(Nc2c(Cl)cc(F)cc2Cl)n1. The van der Waals surface area contributed by atoms with Crippen molar-refractivity contribution in [1.29, 1.82) is 0 Å². The van der Waals surface area contributed by atoms with E-state index in [4.69, 9.17) is 23.2 Å². The molecule has 0 fully saturated rings. The third-order valence-corrected chi connectivity index (χ3v) is 3.07. The van der Waals surface area contributed by atoms with Gasteiger partial charge in [0.2, 0.25) is 0 Å². The van der Waals surface area contributed by atoms with E-state index in [-0.39, 0.29) is 10.0 Å². The summed E-state index contributed by atoms with van der Waals surface area (Å²) in [5.74, 6) is 0.613. The quantitative estimate of drug-likeness (QED) is 0.795. The molecular weight excluding hydrogens is 344 g/mol. The van der Waals surface area contributed by atoms with Crippen molar-refractivity contribution in [3.8, 4) is 0 Å². The number of hydrogen-bond donors (Lipinski definition) is 1. The molecule has 94 valence electrons. The molecule has 0 unspecified atom stereocenters. The van der Waals surface area contributed by atoms with Gasteiger partial charge in [0, 0.05) is 6.07 Å². The summed E-state index contributed by atoms with van der Waals surface area (Å²) in [4.78, 5) is 8.25. The van der Waals surface area contributed by atoms with Crippen molar-refractivity contribution in [2.45, 2.75) is 6.92 Å². The van der Waals surface area contributed by atoms with E-state index in [0.717, 1.165) is 0 Å². The molecular formula is C11H7BrCl2FN3. The number of nitrogens with zero attached hydrogens (tertiary/aromatic N) is 2. The number of hydrogen-bond acceptors (Lipinski definition) is 3.